The van der Waals surface area contributed by atoms with Crippen molar-refractivity contribution in [3.8, 4) is 0 Å². The van der Waals surface area contributed by atoms with E-state index < -0.39 is 11.9 Å². The molecule has 1 aliphatic rings. The zero-order valence-electron chi connectivity index (χ0n) is 16.0. The van der Waals surface area contributed by atoms with Crippen molar-refractivity contribution in [2.24, 2.45) is 0 Å². The molecule has 0 aliphatic heterocycles. The van der Waals surface area contributed by atoms with E-state index in [1.807, 2.05) is 6.07 Å². The molecule has 1 N–H and O–H groups in total. The summed E-state index contributed by atoms with van der Waals surface area (Å²) < 4.78 is 13.1. The first-order valence-corrected chi connectivity index (χ1v) is 9.22. The molecule has 0 radical (unpaired) electrons. The first kappa shape index (κ1) is 18.6. The van der Waals surface area contributed by atoms with Gasteiger partial charge in [0.2, 0.25) is 0 Å². The molecule has 2 aromatic rings. The smallest absolute Gasteiger partial charge is 0.311 e. The van der Waals surface area contributed by atoms with Gasteiger partial charge in [0.1, 0.15) is 5.82 Å². The lowest BCUT2D eigenvalue weighted by Crippen LogP contribution is -2.34. The molecule has 2 aromatic carbocycles. The van der Waals surface area contributed by atoms with Gasteiger partial charge in [0.05, 0.1) is 5.92 Å². The van der Waals surface area contributed by atoms with E-state index in [1.165, 1.54) is 23.3 Å². The van der Waals surface area contributed by atoms with Gasteiger partial charge in [-0.25, -0.2) is 4.39 Å². The van der Waals surface area contributed by atoms with Gasteiger partial charge in [-0.2, -0.15) is 0 Å². The van der Waals surface area contributed by atoms with Crippen molar-refractivity contribution >= 4 is 5.97 Å². The first-order chi connectivity index (χ1) is 12.1. The van der Waals surface area contributed by atoms with E-state index in [0.717, 1.165) is 24.0 Å². The number of fused-ring (bicyclic) bond motifs is 1. The summed E-state index contributed by atoms with van der Waals surface area (Å²) >= 11 is 0. The minimum Gasteiger partial charge on any atom is -0.481 e. The summed E-state index contributed by atoms with van der Waals surface area (Å²) in [7, 11) is 0. The Morgan fingerprint density at radius 3 is 2.15 bits per heavy atom. The van der Waals surface area contributed by atoms with Crippen LogP contribution in [0.4, 0.5) is 4.39 Å². The molecule has 26 heavy (non-hydrogen) atoms. The van der Waals surface area contributed by atoms with Gasteiger partial charge in [0, 0.05) is 0 Å². The van der Waals surface area contributed by atoms with Crippen LogP contribution < -0.4 is 0 Å². The lowest BCUT2D eigenvalue weighted by Gasteiger charge is -2.42. The second kappa shape index (κ2) is 6.53. The molecule has 3 heteroatoms. The van der Waals surface area contributed by atoms with Gasteiger partial charge in [-0.15, -0.1) is 0 Å². The summed E-state index contributed by atoms with van der Waals surface area (Å²) in [4.78, 5) is 12.0. The Labute approximate surface area is 155 Å². The molecule has 0 aromatic heterocycles. The fraction of sp³-hybridized carbons (Fsp3) is 0.435. The third-order valence-electron chi connectivity index (χ3n) is 5.93. The average Bonchev–Trinajstić information content (AvgIpc) is 2.58. The van der Waals surface area contributed by atoms with Crippen molar-refractivity contribution in [1.29, 1.82) is 0 Å². The van der Waals surface area contributed by atoms with Gasteiger partial charge in [0.15, 0.2) is 0 Å². The Hall–Kier alpha value is -2.16. The number of carbonyl (C=O) groups is 1. The van der Waals surface area contributed by atoms with Gasteiger partial charge in [0.25, 0.3) is 0 Å². The highest BCUT2D eigenvalue weighted by Gasteiger charge is 2.37. The van der Waals surface area contributed by atoms with Gasteiger partial charge in [-0.05, 0) is 64.5 Å². The highest BCUT2D eigenvalue weighted by Crippen LogP contribution is 2.46. The van der Waals surface area contributed by atoms with Crippen LogP contribution in [0, 0.1) is 5.82 Å². The third kappa shape index (κ3) is 3.53. The van der Waals surface area contributed by atoms with Crippen LogP contribution in [0.1, 0.15) is 68.7 Å². The molecule has 1 atom stereocenters. The minimum atomic E-state index is -0.845. The standard InChI is InChI=1S/C23H27FO2/c1-22(2)11-12-23(3,4)20-14-16(7-10-19(20)22)18(21(25)26)13-15-5-8-17(24)9-6-15/h5-10,14,18H,11-13H2,1-4H3,(H,25,26). The van der Waals surface area contributed by atoms with Crippen LogP contribution in [-0.2, 0) is 22.0 Å². The molecule has 0 spiro atoms. The Bertz CT molecular complexity index is 819. The van der Waals surface area contributed by atoms with E-state index in [4.69, 9.17) is 0 Å². The molecular formula is C23H27FO2. The Balaban J connectivity index is 2.01. The van der Waals surface area contributed by atoms with E-state index in [2.05, 4.69) is 39.8 Å². The SMILES string of the molecule is CC1(C)CCC(C)(C)c2cc(C(Cc3ccc(F)cc3)C(=O)O)ccc21. The fourth-order valence-electron chi connectivity index (χ4n) is 4.03. The number of carboxylic acids is 1. The average molecular weight is 354 g/mol. The summed E-state index contributed by atoms with van der Waals surface area (Å²) in [6.07, 6.45) is 2.58. The zero-order chi connectivity index (χ0) is 19.1. The second-order valence-electron chi connectivity index (χ2n) is 8.79. The van der Waals surface area contributed by atoms with Gasteiger partial charge >= 0.3 is 5.97 Å². The van der Waals surface area contributed by atoms with E-state index in [-0.39, 0.29) is 16.6 Å². The molecule has 138 valence electrons. The van der Waals surface area contributed by atoms with Crippen LogP contribution >= 0.6 is 0 Å². The number of carboxylic acid groups (broad SMARTS) is 1. The topological polar surface area (TPSA) is 37.3 Å². The fourth-order valence-corrected chi connectivity index (χ4v) is 4.03. The van der Waals surface area contributed by atoms with Crippen molar-refractivity contribution in [3.63, 3.8) is 0 Å². The maximum Gasteiger partial charge on any atom is 0.311 e. The predicted molar refractivity (Wildman–Crippen MR) is 102 cm³/mol. The van der Waals surface area contributed by atoms with Gasteiger partial charge < -0.3 is 5.11 Å². The second-order valence-corrected chi connectivity index (χ2v) is 8.79. The highest BCUT2D eigenvalue weighted by molar-refractivity contribution is 5.76. The summed E-state index contributed by atoms with van der Waals surface area (Å²) in [6, 6.07) is 12.3. The Morgan fingerprint density at radius 1 is 1.00 bits per heavy atom. The lowest BCUT2D eigenvalue weighted by atomic mass is 9.62. The maximum atomic E-state index is 13.1. The largest absolute Gasteiger partial charge is 0.481 e. The van der Waals surface area contributed by atoms with Crippen molar-refractivity contribution in [3.05, 3.63) is 70.5 Å². The highest BCUT2D eigenvalue weighted by atomic mass is 19.1. The summed E-state index contributed by atoms with van der Waals surface area (Å²) in [5.74, 6) is -1.79. The van der Waals surface area contributed by atoms with E-state index in [1.54, 1.807) is 12.1 Å². The molecule has 2 nitrogen and oxygen atoms in total. The lowest BCUT2D eigenvalue weighted by molar-refractivity contribution is -0.138. The normalized spacial score (nSPS) is 18.8. The molecule has 0 saturated carbocycles. The summed E-state index contributed by atoms with van der Waals surface area (Å²) in [5, 5.41) is 9.81. The van der Waals surface area contributed by atoms with Crippen LogP contribution in [0.15, 0.2) is 42.5 Å². The molecule has 1 unspecified atom stereocenters. The van der Waals surface area contributed by atoms with Crippen LogP contribution in [0.3, 0.4) is 0 Å². The predicted octanol–water partition coefficient (Wildman–Crippen LogP) is 5.59. The summed E-state index contributed by atoms with van der Waals surface area (Å²) in [5.41, 5.74) is 4.39. The molecule has 3 rings (SSSR count). The number of hydrogen-bond donors (Lipinski definition) is 1. The van der Waals surface area contributed by atoms with Gasteiger partial charge in [-0.1, -0.05) is 58.0 Å². The quantitative estimate of drug-likeness (QED) is 0.777. The number of hydrogen-bond acceptors (Lipinski definition) is 1. The molecule has 0 fully saturated rings. The van der Waals surface area contributed by atoms with Crippen molar-refractivity contribution < 1.29 is 14.3 Å². The zero-order valence-corrected chi connectivity index (χ0v) is 16.0. The van der Waals surface area contributed by atoms with Crippen molar-refractivity contribution in [2.45, 2.75) is 63.7 Å². The Morgan fingerprint density at radius 2 is 1.58 bits per heavy atom. The number of benzene rings is 2. The van der Waals surface area contributed by atoms with Crippen molar-refractivity contribution in [2.75, 3.05) is 0 Å². The number of aliphatic carboxylic acids is 1. The minimum absolute atomic E-state index is 0.0415. The Kier molecular flexibility index (Phi) is 4.68. The van der Waals surface area contributed by atoms with Crippen LogP contribution in [0.2, 0.25) is 0 Å². The first-order valence-electron chi connectivity index (χ1n) is 9.22. The van der Waals surface area contributed by atoms with Crippen molar-refractivity contribution in [1.82, 2.24) is 0 Å². The maximum absolute atomic E-state index is 13.1. The van der Waals surface area contributed by atoms with E-state index >= 15 is 0 Å². The molecular weight excluding hydrogens is 327 g/mol. The molecule has 0 bridgehead atoms. The van der Waals surface area contributed by atoms with E-state index in [9.17, 15) is 14.3 Å². The third-order valence-corrected chi connectivity index (χ3v) is 5.93. The molecule has 0 amide bonds. The number of rotatable bonds is 4. The summed E-state index contributed by atoms with van der Waals surface area (Å²) in [6.45, 7) is 8.99. The van der Waals surface area contributed by atoms with Crippen LogP contribution in [-0.4, -0.2) is 11.1 Å². The molecule has 1 aliphatic carbocycles. The van der Waals surface area contributed by atoms with Gasteiger partial charge in [-0.3, -0.25) is 4.79 Å². The van der Waals surface area contributed by atoms with Crippen LogP contribution in [0.5, 0.6) is 0 Å². The number of halogens is 1. The molecule has 0 heterocycles. The van der Waals surface area contributed by atoms with Crippen LogP contribution in [0.25, 0.3) is 0 Å². The van der Waals surface area contributed by atoms with E-state index in [0.29, 0.717) is 6.42 Å². The monoisotopic (exact) mass is 354 g/mol. The molecule has 0 saturated heterocycles.